The van der Waals surface area contributed by atoms with Gasteiger partial charge in [-0.3, -0.25) is 4.79 Å². The number of hydrogen-bond acceptors (Lipinski definition) is 5. The van der Waals surface area contributed by atoms with E-state index in [0.717, 1.165) is 73.2 Å². The fourth-order valence-corrected chi connectivity index (χ4v) is 5.96. The van der Waals surface area contributed by atoms with Crippen LogP contribution in [0.4, 0.5) is 5.82 Å². The number of likely N-dealkylation sites (tertiary alicyclic amines) is 1. The highest BCUT2D eigenvalue weighted by Crippen LogP contribution is 2.39. The number of hydrogen-bond donors (Lipinski definition) is 1. The lowest BCUT2D eigenvalue weighted by atomic mass is 9.92. The van der Waals surface area contributed by atoms with Gasteiger partial charge in [0.2, 0.25) is 0 Å². The summed E-state index contributed by atoms with van der Waals surface area (Å²) in [5.74, 6) is 2.94. The number of anilines is 1. The van der Waals surface area contributed by atoms with Crippen LogP contribution in [0, 0.1) is 5.92 Å². The molecule has 1 N–H and O–H groups in total. The Labute approximate surface area is 188 Å². The fourth-order valence-electron chi connectivity index (χ4n) is 5.96. The summed E-state index contributed by atoms with van der Waals surface area (Å²) in [4.78, 5) is 27.3. The monoisotopic (exact) mass is 430 g/mol. The van der Waals surface area contributed by atoms with E-state index < -0.39 is 0 Å². The first-order chi connectivity index (χ1) is 15.6. The summed E-state index contributed by atoms with van der Waals surface area (Å²) in [5, 5.41) is 3.56. The topological polar surface area (TPSA) is 66.3 Å². The maximum absolute atomic E-state index is 13.3. The van der Waals surface area contributed by atoms with Crippen molar-refractivity contribution in [1.82, 2.24) is 24.8 Å². The molecule has 0 saturated carbocycles. The van der Waals surface area contributed by atoms with E-state index in [-0.39, 0.29) is 11.9 Å². The molecule has 0 radical (unpaired) electrons. The molecule has 3 atom stereocenters. The molecule has 1 amide bonds. The van der Waals surface area contributed by atoms with Gasteiger partial charge >= 0.3 is 0 Å². The van der Waals surface area contributed by atoms with Gasteiger partial charge in [0.25, 0.3) is 5.91 Å². The number of carbonyl (C=O) groups is 1. The molecule has 32 heavy (non-hydrogen) atoms. The van der Waals surface area contributed by atoms with E-state index in [1.807, 2.05) is 29.3 Å². The molecule has 0 spiro atoms. The Kier molecular flexibility index (Phi) is 4.68. The van der Waals surface area contributed by atoms with Crippen molar-refractivity contribution in [2.45, 2.75) is 38.3 Å². The minimum Gasteiger partial charge on any atom is -0.346 e. The molecule has 0 bridgehead atoms. The zero-order valence-electron chi connectivity index (χ0n) is 18.8. The van der Waals surface area contributed by atoms with Gasteiger partial charge in [-0.15, -0.1) is 0 Å². The van der Waals surface area contributed by atoms with Crippen LogP contribution in [-0.4, -0.2) is 57.6 Å². The summed E-state index contributed by atoms with van der Waals surface area (Å²) in [6.45, 7) is 5.79. The molecule has 2 saturated heterocycles. The highest BCUT2D eigenvalue weighted by atomic mass is 16.2. The van der Waals surface area contributed by atoms with Crippen molar-refractivity contribution >= 4 is 22.8 Å². The molecule has 3 aliphatic rings. The Morgan fingerprint density at radius 1 is 1.25 bits per heavy atom. The number of benzene rings is 1. The second kappa shape index (κ2) is 7.59. The number of nitrogens with one attached hydrogen (secondary N) is 1. The van der Waals surface area contributed by atoms with Crippen molar-refractivity contribution in [3.63, 3.8) is 0 Å². The zero-order valence-corrected chi connectivity index (χ0v) is 18.8. The van der Waals surface area contributed by atoms with E-state index in [0.29, 0.717) is 6.04 Å². The quantitative estimate of drug-likeness (QED) is 0.692. The lowest BCUT2D eigenvalue weighted by Gasteiger charge is -2.35. The molecule has 7 nitrogen and oxygen atoms in total. The Balaban J connectivity index is 1.30. The van der Waals surface area contributed by atoms with Gasteiger partial charge in [-0.2, -0.15) is 0 Å². The van der Waals surface area contributed by atoms with E-state index in [2.05, 4.69) is 45.9 Å². The van der Waals surface area contributed by atoms with Crippen LogP contribution in [0.5, 0.6) is 0 Å². The highest BCUT2D eigenvalue weighted by molar-refractivity contribution is 5.97. The predicted octanol–water partition coefficient (Wildman–Crippen LogP) is 2.92. The van der Waals surface area contributed by atoms with Gasteiger partial charge in [0.15, 0.2) is 0 Å². The summed E-state index contributed by atoms with van der Waals surface area (Å²) < 4.78 is 2.18. The van der Waals surface area contributed by atoms with Gasteiger partial charge in [0.05, 0.1) is 17.1 Å². The Morgan fingerprint density at radius 2 is 2.16 bits per heavy atom. The molecule has 2 aromatic heterocycles. The van der Waals surface area contributed by atoms with Crippen molar-refractivity contribution < 1.29 is 4.79 Å². The van der Waals surface area contributed by atoms with Crippen LogP contribution in [-0.2, 0) is 13.5 Å². The van der Waals surface area contributed by atoms with Crippen LogP contribution < -0.4 is 10.2 Å². The van der Waals surface area contributed by atoms with Crippen LogP contribution in [0.2, 0.25) is 0 Å². The third-order valence-corrected chi connectivity index (χ3v) is 7.69. The van der Waals surface area contributed by atoms with E-state index in [1.165, 1.54) is 12.0 Å². The van der Waals surface area contributed by atoms with E-state index in [1.54, 1.807) is 0 Å². The number of fused-ring (bicyclic) bond motifs is 3. The number of nitrogens with zero attached hydrogens (tertiary/aromatic N) is 5. The first kappa shape index (κ1) is 19.7. The molecular weight excluding hydrogens is 400 g/mol. The number of aryl methyl sites for hydroxylation is 1. The van der Waals surface area contributed by atoms with Gasteiger partial charge in [-0.1, -0.05) is 6.07 Å². The number of rotatable bonds is 3. The number of piperidine rings is 1. The van der Waals surface area contributed by atoms with Crippen LogP contribution in [0.1, 0.15) is 47.6 Å². The number of carbonyl (C=O) groups excluding carboxylic acids is 1. The number of likely N-dealkylation sites (N-methyl/N-ethyl adjacent to an activating group) is 1. The van der Waals surface area contributed by atoms with Crippen LogP contribution in [0.3, 0.4) is 0 Å². The molecule has 5 heterocycles. The molecule has 1 aromatic carbocycles. The maximum Gasteiger partial charge on any atom is 0.253 e. The smallest absolute Gasteiger partial charge is 0.253 e. The molecule has 7 heteroatoms. The maximum atomic E-state index is 13.3. The Hall–Kier alpha value is -2.93. The first-order valence-electron chi connectivity index (χ1n) is 11.8. The summed E-state index contributed by atoms with van der Waals surface area (Å²) in [7, 11) is 2.08. The van der Waals surface area contributed by atoms with Gasteiger partial charge in [0, 0.05) is 50.9 Å². The van der Waals surface area contributed by atoms with Crippen LogP contribution in [0.25, 0.3) is 11.0 Å². The highest BCUT2D eigenvalue weighted by Gasteiger charge is 2.35. The van der Waals surface area contributed by atoms with Gasteiger partial charge in [0.1, 0.15) is 11.6 Å². The molecule has 6 rings (SSSR count). The van der Waals surface area contributed by atoms with E-state index in [4.69, 9.17) is 4.98 Å². The predicted molar refractivity (Wildman–Crippen MR) is 125 cm³/mol. The van der Waals surface area contributed by atoms with E-state index in [9.17, 15) is 4.79 Å². The average Bonchev–Trinajstić information content (AvgIpc) is 3.52. The largest absolute Gasteiger partial charge is 0.346 e. The number of aromatic nitrogens is 3. The van der Waals surface area contributed by atoms with Crippen molar-refractivity contribution in [3.05, 3.63) is 53.5 Å². The Bertz CT molecular complexity index is 1190. The minimum atomic E-state index is 0.124. The second-order valence-electron chi connectivity index (χ2n) is 9.37. The summed E-state index contributed by atoms with van der Waals surface area (Å²) in [6.07, 6.45) is 5.11. The third kappa shape index (κ3) is 3.02. The van der Waals surface area contributed by atoms with E-state index >= 15 is 0 Å². The summed E-state index contributed by atoms with van der Waals surface area (Å²) in [5.41, 5.74) is 3.96. The van der Waals surface area contributed by atoms with Crippen molar-refractivity contribution in [2.24, 2.45) is 13.0 Å². The lowest BCUT2D eigenvalue weighted by Crippen LogP contribution is -2.48. The zero-order chi connectivity index (χ0) is 21.8. The molecular formula is C25H30N6O. The SMILES string of the molecule is CCN1c2ncccc2CC1c1nc2cc(C(=O)N3CC[C@@H]4CCN[C@@H]4C3)ccc2n1C. The third-order valence-electron chi connectivity index (χ3n) is 7.69. The average molecular weight is 431 g/mol. The number of amides is 1. The Morgan fingerprint density at radius 3 is 3.03 bits per heavy atom. The second-order valence-corrected chi connectivity index (χ2v) is 9.37. The summed E-state index contributed by atoms with van der Waals surface area (Å²) in [6, 6.07) is 10.8. The van der Waals surface area contributed by atoms with Crippen molar-refractivity contribution in [1.29, 1.82) is 0 Å². The molecule has 0 aliphatic carbocycles. The minimum absolute atomic E-state index is 0.124. The molecule has 166 valence electrons. The first-order valence-corrected chi connectivity index (χ1v) is 11.8. The van der Waals surface area contributed by atoms with Crippen LogP contribution >= 0.6 is 0 Å². The fraction of sp³-hybridized carbons (Fsp3) is 0.480. The van der Waals surface area contributed by atoms with Gasteiger partial charge in [-0.05, 0) is 62.1 Å². The lowest BCUT2D eigenvalue weighted by molar-refractivity contribution is 0.0669. The number of pyridine rings is 1. The molecule has 3 aliphatic heterocycles. The molecule has 3 aromatic rings. The van der Waals surface area contributed by atoms with Crippen LogP contribution in [0.15, 0.2) is 36.5 Å². The van der Waals surface area contributed by atoms with Gasteiger partial charge < -0.3 is 19.7 Å². The summed E-state index contributed by atoms with van der Waals surface area (Å²) >= 11 is 0. The normalized spacial score (nSPS) is 24.8. The van der Waals surface area contributed by atoms with Gasteiger partial charge in [-0.25, -0.2) is 9.97 Å². The standard InChI is InChI=1S/C25H30N6O/c1-3-31-22(14-17-5-4-10-27-23(17)31)24-28-19-13-18(6-7-21(19)29(24)2)25(32)30-12-9-16-8-11-26-20(16)15-30/h4-7,10,13,16,20,22,26H,3,8-9,11-12,14-15H2,1-2H3/t16-,20+,22?/m0/s1. The molecule has 1 unspecified atom stereocenters. The number of imidazole rings is 1. The molecule has 2 fully saturated rings. The van der Waals surface area contributed by atoms with Crippen molar-refractivity contribution in [2.75, 3.05) is 31.1 Å². The van der Waals surface area contributed by atoms with Crippen molar-refractivity contribution in [3.8, 4) is 0 Å².